The van der Waals surface area contributed by atoms with Crippen LogP contribution < -0.4 is 0 Å². The zero-order chi connectivity index (χ0) is 12.4. The van der Waals surface area contributed by atoms with Crippen molar-refractivity contribution in [2.24, 2.45) is 5.92 Å². The molecule has 0 spiro atoms. The smallest absolute Gasteiger partial charge is 0.308 e. The molecule has 4 heteroatoms. The Morgan fingerprint density at radius 3 is 2.38 bits per heavy atom. The van der Waals surface area contributed by atoms with Crippen LogP contribution in [0.4, 0.5) is 0 Å². The fourth-order valence-corrected chi connectivity index (χ4v) is 1.27. The predicted octanol–water partition coefficient (Wildman–Crippen LogP) is 1.54. The van der Waals surface area contributed by atoms with Crippen molar-refractivity contribution in [2.75, 3.05) is 39.5 Å². The van der Waals surface area contributed by atoms with Crippen LogP contribution in [0.1, 0.15) is 27.7 Å². The van der Waals surface area contributed by atoms with Crippen molar-refractivity contribution in [3.63, 3.8) is 0 Å². The van der Waals surface area contributed by atoms with Crippen molar-refractivity contribution in [1.82, 2.24) is 4.90 Å². The van der Waals surface area contributed by atoms with E-state index >= 15 is 0 Å². The minimum absolute atomic E-state index is 0.0281. The number of carbonyl (C=O) groups excluding carboxylic acids is 1. The highest BCUT2D eigenvalue weighted by Gasteiger charge is 2.12. The summed E-state index contributed by atoms with van der Waals surface area (Å²) in [7, 11) is 0. The molecule has 0 amide bonds. The predicted molar refractivity (Wildman–Crippen MR) is 64.4 cm³/mol. The Morgan fingerprint density at radius 1 is 1.31 bits per heavy atom. The zero-order valence-electron chi connectivity index (χ0n) is 11.0. The maximum Gasteiger partial charge on any atom is 0.308 e. The molecule has 1 rings (SSSR count). The molecule has 1 heterocycles. The standard InChI is InChI=1S/C10H19NO3.C2H6/c1-9(2)10(12)14-8-5-11-3-6-13-7-4-11;1-2/h9H,3-8H2,1-2H3;1-2H3. The molecular weight excluding hydrogens is 206 g/mol. The van der Waals surface area contributed by atoms with Gasteiger partial charge in [-0.05, 0) is 0 Å². The monoisotopic (exact) mass is 231 g/mol. The average molecular weight is 231 g/mol. The summed E-state index contributed by atoms with van der Waals surface area (Å²) in [6, 6.07) is 0. The minimum atomic E-state index is -0.113. The van der Waals surface area contributed by atoms with Gasteiger partial charge in [0.15, 0.2) is 0 Å². The Kier molecular flexibility index (Phi) is 9.24. The molecule has 0 N–H and O–H groups in total. The first-order chi connectivity index (χ1) is 7.70. The van der Waals surface area contributed by atoms with Crippen molar-refractivity contribution >= 4 is 5.97 Å². The highest BCUT2D eigenvalue weighted by Crippen LogP contribution is 1.98. The minimum Gasteiger partial charge on any atom is -0.464 e. The summed E-state index contributed by atoms with van der Waals surface area (Å²) in [5.41, 5.74) is 0. The number of esters is 1. The molecular formula is C12H25NO3. The van der Waals surface area contributed by atoms with E-state index in [2.05, 4.69) is 4.90 Å². The largest absolute Gasteiger partial charge is 0.464 e. The second-order valence-corrected chi connectivity index (χ2v) is 3.78. The van der Waals surface area contributed by atoms with E-state index in [0.29, 0.717) is 6.61 Å². The molecule has 0 unspecified atom stereocenters. The van der Waals surface area contributed by atoms with Gasteiger partial charge in [-0.15, -0.1) is 0 Å². The van der Waals surface area contributed by atoms with Crippen LogP contribution in [-0.2, 0) is 14.3 Å². The van der Waals surface area contributed by atoms with Crippen LogP contribution in [0, 0.1) is 5.92 Å². The van der Waals surface area contributed by atoms with Crippen LogP contribution in [0.5, 0.6) is 0 Å². The molecule has 1 saturated heterocycles. The van der Waals surface area contributed by atoms with E-state index in [1.807, 2.05) is 27.7 Å². The topological polar surface area (TPSA) is 38.8 Å². The SMILES string of the molecule is CC.CC(C)C(=O)OCCN1CCOCC1. The van der Waals surface area contributed by atoms with Gasteiger partial charge in [0.2, 0.25) is 0 Å². The van der Waals surface area contributed by atoms with E-state index in [9.17, 15) is 4.79 Å². The zero-order valence-corrected chi connectivity index (χ0v) is 11.0. The van der Waals surface area contributed by atoms with Crippen LogP contribution in [-0.4, -0.2) is 50.3 Å². The number of ether oxygens (including phenoxy) is 2. The third kappa shape index (κ3) is 6.80. The van der Waals surface area contributed by atoms with Crippen molar-refractivity contribution in [1.29, 1.82) is 0 Å². The molecule has 96 valence electrons. The molecule has 0 atom stereocenters. The lowest BCUT2D eigenvalue weighted by Crippen LogP contribution is -2.38. The number of nitrogens with zero attached hydrogens (tertiary/aromatic N) is 1. The molecule has 1 aliphatic heterocycles. The van der Waals surface area contributed by atoms with E-state index in [-0.39, 0.29) is 11.9 Å². The molecule has 16 heavy (non-hydrogen) atoms. The van der Waals surface area contributed by atoms with E-state index in [1.54, 1.807) is 0 Å². The van der Waals surface area contributed by atoms with Crippen LogP contribution in [0.25, 0.3) is 0 Å². The highest BCUT2D eigenvalue weighted by molar-refractivity contribution is 5.71. The number of carbonyl (C=O) groups is 1. The van der Waals surface area contributed by atoms with E-state index < -0.39 is 0 Å². The van der Waals surface area contributed by atoms with Gasteiger partial charge in [-0.2, -0.15) is 0 Å². The van der Waals surface area contributed by atoms with Crippen molar-refractivity contribution in [3.8, 4) is 0 Å². The normalized spacial score (nSPS) is 16.6. The van der Waals surface area contributed by atoms with Gasteiger partial charge in [-0.25, -0.2) is 0 Å². The van der Waals surface area contributed by atoms with Crippen molar-refractivity contribution in [3.05, 3.63) is 0 Å². The first kappa shape index (κ1) is 15.4. The number of rotatable bonds is 4. The van der Waals surface area contributed by atoms with E-state index in [1.165, 1.54) is 0 Å². The first-order valence-corrected chi connectivity index (χ1v) is 6.17. The van der Waals surface area contributed by atoms with Gasteiger partial charge in [0.25, 0.3) is 0 Å². The average Bonchev–Trinajstić information content (AvgIpc) is 2.33. The Hall–Kier alpha value is -0.610. The summed E-state index contributed by atoms with van der Waals surface area (Å²) < 4.78 is 10.3. The number of hydrogen-bond donors (Lipinski definition) is 0. The van der Waals surface area contributed by atoms with Gasteiger partial charge in [0.05, 0.1) is 19.1 Å². The second-order valence-electron chi connectivity index (χ2n) is 3.78. The molecule has 1 fully saturated rings. The van der Waals surface area contributed by atoms with Gasteiger partial charge in [-0.3, -0.25) is 9.69 Å². The lowest BCUT2D eigenvalue weighted by molar-refractivity contribution is -0.147. The number of morpholine rings is 1. The third-order valence-electron chi connectivity index (χ3n) is 2.23. The van der Waals surface area contributed by atoms with Gasteiger partial charge < -0.3 is 9.47 Å². The summed E-state index contributed by atoms with van der Waals surface area (Å²) in [6.45, 7) is 12.5. The maximum absolute atomic E-state index is 11.1. The Bertz CT molecular complexity index is 177. The highest BCUT2D eigenvalue weighted by atomic mass is 16.5. The molecule has 0 bridgehead atoms. The lowest BCUT2D eigenvalue weighted by atomic mass is 10.2. The molecule has 0 saturated carbocycles. The van der Waals surface area contributed by atoms with Crippen LogP contribution >= 0.6 is 0 Å². The van der Waals surface area contributed by atoms with Gasteiger partial charge in [-0.1, -0.05) is 27.7 Å². The van der Waals surface area contributed by atoms with Crippen molar-refractivity contribution < 1.29 is 14.3 Å². The molecule has 0 radical (unpaired) electrons. The molecule has 4 nitrogen and oxygen atoms in total. The summed E-state index contributed by atoms with van der Waals surface area (Å²) in [6.07, 6.45) is 0. The molecule has 0 aromatic heterocycles. The van der Waals surface area contributed by atoms with Crippen LogP contribution in [0.15, 0.2) is 0 Å². The van der Waals surface area contributed by atoms with Crippen LogP contribution in [0.2, 0.25) is 0 Å². The maximum atomic E-state index is 11.1. The summed E-state index contributed by atoms with van der Waals surface area (Å²) in [5.74, 6) is -0.141. The van der Waals surface area contributed by atoms with E-state index in [4.69, 9.17) is 9.47 Å². The second kappa shape index (κ2) is 9.60. The van der Waals surface area contributed by atoms with Crippen LogP contribution in [0.3, 0.4) is 0 Å². The lowest BCUT2D eigenvalue weighted by Gasteiger charge is -2.26. The van der Waals surface area contributed by atoms with Gasteiger partial charge in [0, 0.05) is 19.6 Å². The molecule has 1 aliphatic rings. The fraction of sp³-hybridized carbons (Fsp3) is 0.917. The summed E-state index contributed by atoms with van der Waals surface area (Å²) >= 11 is 0. The molecule has 0 aromatic rings. The molecule has 0 aromatic carbocycles. The van der Waals surface area contributed by atoms with Gasteiger partial charge >= 0.3 is 5.97 Å². The molecule has 0 aliphatic carbocycles. The summed E-state index contributed by atoms with van der Waals surface area (Å²) in [4.78, 5) is 13.4. The third-order valence-corrected chi connectivity index (χ3v) is 2.23. The van der Waals surface area contributed by atoms with E-state index in [0.717, 1.165) is 32.8 Å². The quantitative estimate of drug-likeness (QED) is 0.688. The first-order valence-electron chi connectivity index (χ1n) is 6.17. The van der Waals surface area contributed by atoms with Crippen molar-refractivity contribution in [2.45, 2.75) is 27.7 Å². The van der Waals surface area contributed by atoms with Gasteiger partial charge in [0.1, 0.15) is 6.61 Å². The number of hydrogen-bond acceptors (Lipinski definition) is 4. The Labute approximate surface area is 98.9 Å². The Balaban J connectivity index is 0.00000106. The fourth-order valence-electron chi connectivity index (χ4n) is 1.27. The summed E-state index contributed by atoms with van der Waals surface area (Å²) in [5, 5.41) is 0. The Morgan fingerprint density at radius 2 is 1.88 bits per heavy atom.